The molecule has 2 nitrogen and oxygen atoms in total. The van der Waals surface area contributed by atoms with E-state index in [1.165, 1.54) is 6.07 Å². The Labute approximate surface area is 80.2 Å². The monoisotopic (exact) mass is 197 g/mol. The van der Waals surface area contributed by atoms with Gasteiger partial charge < -0.3 is 4.74 Å². The van der Waals surface area contributed by atoms with Gasteiger partial charge in [-0.15, -0.1) is 0 Å². The first-order valence-corrected chi connectivity index (χ1v) is 4.35. The lowest BCUT2D eigenvalue weighted by Crippen LogP contribution is -2.06. The van der Waals surface area contributed by atoms with E-state index in [2.05, 4.69) is 4.98 Å². The summed E-state index contributed by atoms with van der Waals surface area (Å²) in [7, 11) is 0. The van der Waals surface area contributed by atoms with Gasteiger partial charge in [-0.1, -0.05) is 6.08 Å². The van der Waals surface area contributed by atoms with Crippen LogP contribution in [-0.4, -0.2) is 18.2 Å². The van der Waals surface area contributed by atoms with Crippen molar-refractivity contribution in [2.45, 2.75) is 6.42 Å². The van der Waals surface area contributed by atoms with Crippen molar-refractivity contribution in [1.82, 2.24) is 4.98 Å². The van der Waals surface area contributed by atoms with Crippen molar-refractivity contribution >= 4 is 5.57 Å². The molecule has 0 unspecified atom stereocenters. The highest BCUT2D eigenvalue weighted by Gasteiger charge is 2.12. The normalized spacial score (nSPS) is 16.6. The van der Waals surface area contributed by atoms with Gasteiger partial charge in [-0.05, 0) is 18.1 Å². The van der Waals surface area contributed by atoms with Crippen LogP contribution in [0.4, 0.5) is 8.78 Å². The van der Waals surface area contributed by atoms with Crippen LogP contribution in [0.1, 0.15) is 12.0 Å². The van der Waals surface area contributed by atoms with Crippen molar-refractivity contribution in [3.8, 4) is 0 Å². The van der Waals surface area contributed by atoms with E-state index < -0.39 is 11.8 Å². The molecule has 4 heteroatoms. The van der Waals surface area contributed by atoms with Crippen molar-refractivity contribution in [1.29, 1.82) is 0 Å². The van der Waals surface area contributed by atoms with Crippen LogP contribution in [0.25, 0.3) is 5.57 Å². The summed E-state index contributed by atoms with van der Waals surface area (Å²) in [6, 6.07) is 1.17. The molecule has 0 atom stereocenters. The summed E-state index contributed by atoms with van der Waals surface area (Å²) >= 11 is 0. The van der Waals surface area contributed by atoms with Crippen LogP contribution < -0.4 is 0 Å². The number of ether oxygens (including phenoxy) is 1. The smallest absolute Gasteiger partial charge is 0.220 e. The Hall–Kier alpha value is -1.29. The van der Waals surface area contributed by atoms with Crippen molar-refractivity contribution in [3.63, 3.8) is 0 Å². The third-order valence-electron chi connectivity index (χ3n) is 2.11. The second kappa shape index (κ2) is 3.84. The lowest BCUT2D eigenvalue weighted by Gasteiger charge is -2.13. The maximum atomic E-state index is 13.2. The highest BCUT2D eigenvalue weighted by atomic mass is 19.1. The van der Waals surface area contributed by atoms with E-state index in [1.54, 1.807) is 6.08 Å². The van der Waals surface area contributed by atoms with Crippen LogP contribution in [0.2, 0.25) is 0 Å². The summed E-state index contributed by atoms with van der Waals surface area (Å²) < 4.78 is 31.1. The van der Waals surface area contributed by atoms with E-state index >= 15 is 0 Å². The minimum atomic E-state index is -0.625. The molecule has 14 heavy (non-hydrogen) atoms. The Morgan fingerprint density at radius 3 is 2.93 bits per heavy atom. The van der Waals surface area contributed by atoms with Crippen LogP contribution >= 0.6 is 0 Å². The van der Waals surface area contributed by atoms with E-state index in [0.717, 1.165) is 11.8 Å². The molecular formula is C10H9F2NO. The van der Waals surface area contributed by atoms with E-state index in [9.17, 15) is 8.78 Å². The molecule has 1 aliphatic rings. The summed E-state index contributed by atoms with van der Waals surface area (Å²) in [5, 5.41) is 0. The molecule has 0 spiro atoms. The number of rotatable bonds is 1. The van der Waals surface area contributed by atoms with Crippen LogP contribution in [0.15, 0.2) is 18.3 Å². The molecule has 1 aromatic rings. The molecule has 74 valence electrons. The second-order valence-corrected chi connectivity index (χ2v) is 3.05. The number of halogens is 2. The van der Waals surface area contributed by atoms with E-state index in [0.29, 0.717) is 19.6 Å². The Morgan fingerprint density at radius 2 is 2.21 bits per heavy atom. The molecule has 0 N–H and O–H groups in total. The van der Waals surface area contributed by atoms with E-state index in [4.69, 9.17) is 4.74 Å². The molecule has 0 amide bonds. The Morgan fingerprint density at radius 1 is 1.36 bits per heavy atom. The molecule has 2 heterocycles. The van der Waals surface area contributed by atoms with Gasteiger partial charge in [-0.25, -0.2) is 9.37 Å². The molecular weight excluding hydrogens is 188 g/mol. The zero-order valence-electron chi connectivity index (χ0n) is 7.46. The number of aromatic nitrogens is 1. The fraction of sp³-hybridized carbons (Fsp3) is 0.300. The van der Waals surface area contributed by atoms with Crippen LogP contribution in [0.3, 0.4) is 0 Å². The molecule has 0 saturated heterocycles. The zero-order valence-corrected chi connectivity index (χ0v) is 7.46. The van der Waals surface area contributed by atoms with Crippen LogP contribution in [0.5, 0.6) is 0 Å². The first-order chi connectivity index (χ1) is 6.77. The van der Waals surface area contributed by atoms with Gasteiger partial charge in [-0.3, -0.25) is 0 Å². The SMILES string of the molecule is Fc1cnc(F)c(C2=CCOCC2)c1. The first kappa shape index (κ1) is 9.27. The van der Waals surface area contributed by atoms with Gasteiger partial charge in [0.1, 0.15) is 5.82 Å². The number of pyridine rings is 1. The van der Waals surface area contributed by atoms with Gasteiger partial charge in [0.2, 0.25) is 5.95 Å². The van der Waals surface area contributed by atoms with Gasteiger partial charge in [0, 0.05) is 5.56 Å². The fourth-order valence-corrected chi connectivity index (χ4v) is 1.42. The molecule has 1 aromatic heterocycles. The average Bonchev–Trinajstić information content (AvgIpc) is 2.23. The van der Waals surface area contributed by atoms with Crippen molar-refractivity contribution in [2.24, 2.45) is 0 Å². The molecule has 1 aliphatic heterocycles. The average molecular weight is 197 g/mol. The molecule has 2 rings (SSSR count). The quantitative estimate of drug-likeness (QED) is 0.643. The lowest BCUT2D eigenvalue weighted by atomic mass is 10.0. The molecule has 0 radical (unpaired) electrons. The predicted octanol–water partition coefficient (Wildman–Crippen LogP) is 2.16. The standard InChI is InChI=1S/C10H9F2NO/c11-8-5-9(10(12)13-6-8)7-1-3-14-4-2-7/h1,5-6H,2-4H2. The summed E-state index contributed by atoms with van der Waals surface area (Å²) in [4.78, 5) is 3.33. The summed E-state index contributed by atoms with van der Waals surface area (Å²) in [5.41, 5.74) is 1.01. The number of nitrogens with zero attached hydrogens (tertiary/aromatic N) is 1. The van der Waals surface area contributed by atoms with Crippen molar-refractivity contribution < 1.29 is 13.5 Å². The van der Waals surface area contributed by atoms with Crippen molar-refractivity contribution in [3.05, 3.63) is 35.7 Å². The van der Waals surface area contributed by atoms with Gasteiger partial charge in [0.15, 0.2) is 0 Å². The summed E-state index contributed by atoms with van der Waals surface area (Å²) in [5.74, 6) is -1.15. The Balaban J connectivity index is 2.39. The molecule has 0 aromatic carbocycles. The molecule has 0 bridgehead atoms. The van der Waals surface area contributed by atoms with E-state index in [-0.39, 0.29) is 5.56 Å². The Bertz CT molecular complexity index is 376. The molecule has 0 aliphatic carbocycles. The molecule has 0 saturated carbocycles. The van der Waals surface area contributed by atoms with Gasteiger partial charge in [-0.2, -0.15) is 4.39 Å². The minimum absolute atomic E-state index is 0.244. The van der Waals surface area contributed by atoms with E-state index in [1.807, 2.05) is 0 Å². The highest BCUT2D eigenvalue weighted by Crippen LogP contribution is 2.23. The van der Waals surface area contributed by atoms with Crippen molar-refractivity contribution in [2.75, 3.05) is 13.2 Å². The molecule has 0 fully saturated rings. The first-order valence-electron chi connectivity index (χ1n) is 4.35. The second-order valence-electron chi connectivity index (χ2n) is 3.05. The predicted molar refractivity (Wildman–Crippen MR) is 47.6 cm³/mol. The maximum Gasteiger partial charge on any atom is 0.220 e. The lowest BCUT2D eigenvalue weighted by molar-refractivity contribution is 0.161. The van der Waals surface area contributed by atoms with Gasteiger partial charge in [0.05, 0.1) is 19.4 Å². The number of hydrogen-bond donors (Lipinski definition) is 0. The number of hydrogen-bond acceptors (Lipinski definition) is 2. The summed E-state index contributed by atoms with van der Waals surface area (Å²) in [6.07, 6.45) is 3.23. The Kier molecular flexibility index (Phi) is 2.54. The fourth-order valence-electron chi connectivity index (χ4n) is 1.42. The largest absolute Gasteiger partial charge is 0.377 e. The van der Waals surface area contributed by atoms with Gasteiger partial charge in [0.25, 0.3) is 0 Å². The maximum absolute atomic E-state index is 13.2. The zero-order chi connectivity index (χ0) is 9.97. The highest BCUT2D eigenvalue weighted by molar-refractivity contribution is 5.65. The van der Waals surface area contributed by atoms with Gasteiger partial charge >= 0.3 is 0 Å². The third-order valence-corrected chi connectivity index (χ3v) is 2.11. The van der Waals surface area contributed by atoms with Crippen LogP contribution in [0, 0.1) is 11.8 Å². The topological polar surface area (TPSA) is 22.1 Å². The summed E-state index contributed by atoms with van der Waals surface area (Å²) in [6.45, 7) is 0.993. The minimum Gasteiger partial charge on any atom is -0.377 e. The van der Waals surface area contributed by atoms with Crippen LogP contribution in [-0.2, 0) is 4.74 Å². The third kappa shape index (κ3) is 1.80.